The number of nitrogens with zero attached hydrogens (tertiary/aromatic N) is 6. The standard InChI is InChI=1S/C31H41N7O2/c1-23-19-26(29(39-3)20-28(23)37-12-9-25(10-13-37)36-16-14-35(2)15-17-36)34-30-21-31(33-22-32-30)38-27(11-18-40-38)24-7-5-4-6-8-24/h4-8,19-22,25,27H,9-18H2,1-3H3,(H,32,33,34). The highest BCUT2D eigenvalue weighted by Crippen LogP contribution is 2.38. The summed E-state index contributed by atoms with van der Waals surface area (Å²) in [5.41, 5.74) is 4.58. The Hall–Kier alpha value is -3.40. The molecule has 4 heterocycles. The second-order valence-electron chi connectivity index (χ2n) is 11.2. The van der Waals surface area contributed by atoms with E-state index >= 15 is 0 Å². The zero-order valence-corrected chi connectivity index (χ0v) is 23.9. The Bertz CT molecular complexity index is 1270. The maximum absolute atomic E-state index is 5.99. The number of ether oxygens (including phenoxy) is 1. The van der Waals surface area contributed by atoms with Crippen molar-refractivity contribution < 1.29 is 9.57 Å². The molecule has 3 fully saturated rings. The van der Waals surface area contributed by atoms with E-state index in [1.54, 1.807) is 13.4 Å². The first-order chi connectivity index (χ1) is 19.6. The van der Waals surface area contributed by atoms with Crippen molar-refractivity contribution in [3.05, 3.63) is 66.0 Å². The van der Waals surface area contributed by atoms with Crippen LogP contribution in [0.2, 0.25) is 0 Å². The third-order valence-corrected chi connectivity index (χ3v) is 8.61. The highest BCUT2D eigenvalue weighted by Gasteiger charge is 2.30. The lowest BCUT2D eigenvalue weighted by Crippen LogP contribution is -2.52. The minimum absolute atomic E-state index is 0.125. The largest absolute Gasteiger partial charge is 0.494 e. The van der Waals surface area contributed by atoms with Gasteiger partial charge in [0.15, 0.2) is 5.82 Å². The molecular formula is C31H41N7O2. The highest BCUT2D eigenvalue weighted by molar-refractivity contribution is 5.72. The number of aromatic nitrogens is 2. The summed E-state index contributed by atoms with van der Waals surface area (Å²) in [5.74, 6) is 2.24. The fourth-order valence-electron chi connectivity index (χ4n) is 6.29. The topological polar surface area (TPSA) is 69.2 Å². The monoisotopic (exact) mass is 543 g/mol. The summed E-state index contributed by atoms with van der Waals surface area (Å²) < 4.78 is 5.85. The number of piperazine rings is 1. The minimum Gasteiger partial charge on any atom is -0.494 e. The fraction of sp³-hybridized carbons (Fsp3) is 0.484. The minimum atomic E-state index is 0.125. The molecule has 212 valence electrons. The van der Waals surface area contributed by atoms with Crippen molar-refractivity contribution in [2.45, 2.75) is 38.3 Å². The zero-order valence-electron chi connectivity index (χ0n) is 23.9. The average molecular weight is 544 g/mol. The van der Waals surface area contributed by atoms with Crippen LogP contribution in [-0.2, 0) is 4.84 Å². The number of hydrogen-bond acceptors (Lipinski definition) is 9. The van der Waals surface area contributed by atoms with Gasteiger partial charge in [-0.1, -0.05) is 30.3 Å². The van der Waals surface area contributed by atoms with Gasteiger partial charge < -0.3 is 19.9 Å². The third kappa shape index (κ3) is 5.73. The summed E-state index contributed by atoms with van der Waals surface area (Å²) >= 11 is 0. The van der Waals surface area contributed by atoms with Crippen molar-refractivity contribution in [3.8, 4) is 5.75 Å². The van der Waals surface area contributed by atoms with E-state index in [-0.39, 0.29) is 6.04 Å². The van der Waals surface area contributed by atoms with Crippen molar-refractivity contribution in [1.29, 1.82) is 0 Å². The molecule has 0 aliphatic carbocycles. The number of nitrogens with one attached hydrogen (secondary N) is 1. The smallest absolute Gasteiger partial charge is 0.158 e. The Morgan fingerprint density at radius 1 is 0.925 bits per heavy atom. The number of rotatable bonds is 7. The van der Waals surface area contributed by atoms with Crippen LogP contribution >= 0.6 is 0 Å². The van der Waals surface area contributed by atoms with Gasteiger partial charge >= 0.3 is 0 Å². The van der Waals surface area contributed by atoms with Gasteiger partial charge in [-0.25, -0.2) is 15.0 Å². The maximum atomic E-state index is 5.99. The van der Waals surface area contributed by atoms with Crippen LogP contribution in [0.5, 0.6) is 5.75 Å². The molecule has 3 aliphatic heterocycles. The molecule has 1 aromatic heterocycles. The van der Waals surface area contributed by atoms with Crippen molar-refractivity contribution >= 4 is 23.0 Å². The SMILES string of the molecule is COc1cc(N2CCC(N3CCN(C)CC3)CC2)c(C)cc1Nc1cc(N2OCCC2c2ccccc2)ncn1. The quantitative estimate of drug-likeness (QED) is 0.459. The molecule has 0 amide bonds. The Morgan fingerprint density at radius 3 is 2.45 bits per heavy atom. The average Bonchev–Trinajstić information content (AvgIpc) is 3.49. The number of aryl methyl sites for hydroxylation is 1. The first-order valence-electron chi connectivity index (χ1n) is 14.5. The van der Waals surface area contributed by atoms with Crippen molar-refractivity contribution in [2.75, 3.05) is 75.3 Å². The highest BCUT2D eigenvalue weighted by atomic mass is 16.7. The van der Waals surface area contributed by atoms with E-state index in [1.807, 2.05) is 17.2 Å². The van der Waals surface area contributed by atoms with Gasteiger partial charge in [-0.2, -0.15) is 0 Å². The predicted molar refractivity (Wildman–Crippen MR) is 160 cm³/mol. The molecule has 6 rings (SSSR count). The Balaban J connectivity index is 1.15. The van der Waals surface area contributed by atoms with Crippen LogP contribution in [0.25, 0.3) is 0 Å². The van der Waals surface area contributed by atoms with Gasteiger partial charge in [0.2, 0.25) is 0 Å². The summed E-state index contributed by atoms with van der Waals surface area (Å²) in [4.78, 5) is 22.7. The van der Waals surface area contributed by atoms with Gasteiger partial charge in [0.05, 0.1) is 25.4 Å². The molecule has 0 spiro atoms. The number of hydrogen-bond donors (Lipinski definition) is 1. The van der Waals surface area contributed by atoms with E-state index in [2.05, 4.69) is 80.4 Å². The number of methoxy groups -OCH3 is 1. The molecule has 0 bridgehead atoms. The molecule has 0 saturated carbocycles. The molecule has 3 aliphatic rings. The van der Waals surface area contributed by atoms with Gasteiger partial charge in [-0.3, -0.25) is 9.74 Å². The van der Waals surface area contributed by atoms with Gasteiger partial charge in [0, 0.05) is 69.6 Å². The van der Waals surface area contributed by atoms with Gasteiger partial charge in [-0.05, 0) is 44.0 Å². The summed E-state index contributed by atoms with van der Waals surface area (Å²) in [6.45, 7) is 9.72. The second kappa shape index (κ2) is 12.0. The number of hydroxylamine groups is 1. The molecule has 9 nitrogen and oxygen atoms in total. The fourth-order valence-corrected chi connectivity index (χ4v) is 6.29. The lowest BCUT2D eigenvalue weighted by atomic mass is 10.0. The molecule has 3 aromatic rings. The van der Waals surface area contributed by atoms with Gasteiger partial charge in [0.1, 0.15) is 17.9 Å². The van der Waals surface area contributed by atoms with Crippen LogP contribution in [-0.4, -0.2) is 85.8 Å². The van der Waals surface area contributed by atoms with E-state index in [1.165, 1.54) is 55.8 Å². The third-order valence-electron chi connectivity index (χ3n) is 8.61. The molecular weight excluding hydrogens is 502 g/mol. The summed E-state index contributed by atoms with van der Waals surface area (Å²) in [5, 5.41) is 5.38. The molecule has 40 heavy (non-hydrogen) atoms. The van der Waals surface area contributed by atoms with Crippen LogP contribution < -0.4 is 20.0 Å². The molecule has 0 radical (unpaired) electrons. The van der Waals surface area contributed by atoms with E-state index in [0.717, 1.165) is 36.8 Å². The van der Waals surface area contributed by atoms with Gasteiger partial charge in [-0.15, -0.1) is 0 Å². The van der Waals surface area contributed by atoms with E-state index < -0.39 is 0 Å². The van der Waals surface area contributed by atoms with Crippen molar-refractivity contribution in [3.63, 3.8) is 0 Å². The normalized spacial score (nSPS) is 21.1. The lowest BCUT2D eigenvalue weighted by Gasteiger charge is -2.43. The van der Waals surface area contributed by atoms with Crippen molar-refractivity contribution in [2.24, 2.45) is 0 Å². The Morgan fingerprint density at radius 2 is 1.70 bits per heavy atom. The van der Waals surface area contributed by atoms with Crippen LogP contribution in [0.15, 0.2) is 54.9 Å². The van der Waals surface area contributed by atoms with Crippen LogP contribution in [0.3, 0.4) is 0 Å². The zero-order chi connectivity index (χ0) is 27.5. The maximum Gasteiger partial charge on any atom is 0.158 e. The first kappa shape index (κ1) is 26.8. The number of piperidine rings is 1. The Labute approximate surface area is 237 Å². The number of benzene rings is 2. The molecule has 2 aromatic carbocycles. The summed E-state index contributed by atoms with van der Waals surface area (Å²) in [7, 11) is 3.95. The predicted octanol–water partition coefficient (Wildman–Crippen LogP) is 4.64. The van der Waals surface area contributed by atoms with E-state index in [0.29, 0.717) is 18.5 Å². The molecule has 1 unspecified atom stereocenters. The molecule has 3 saturated heterocycles. The summed E-state index contributed by atoms with van der Waals surface area (Å²) in [6.07, 6.45) is 4.91. The lowest BCUT2D eigenvalue weighted by molar-refractivity contribution is 0.0982. The molecule has 1 atom stereocenters. The Kier molecular flexibility index (Phi) is 8.04. The van der Waals surface area contributed by atoms with Crippen LogP contribution in [0.1, 0.15) is 36.4 Å². The molecule has 1 N–H and O–H groups in total. The number of anilines is 4. The van der Waals surface area contributed by atoms with E-state index in [9.17, 15) is 0 Å². The van der Waals surface area contributed by atoms with E-state index in [4.69, 9.17) is 9.57 Å². The summed E-state index contributed by atoms with van der Waals surface area (Å²) in [6, 6.07) is 17.5. The van der Waals surface area contributed by atoms with Crippen LogP contribution in [0, 0.1) is 6.92 Å². The second-order valence-corrected chi connectivity index (χ2v) is 11.2. The van der Waals surface area contributed by atoms with Crippen LogP contribution in [0.4, 0.5) is 23.0 Å². The van der Waals surface area contributed by atoms with Gasteiger partial charge in [0.25, 0.3) is 0 Å². The molecule has 9 heteroatoms. The van der Waals surface area contributed by atoms with Crippen molar-refractivity contribution in [1.82, 2.24) is 19.8 Å². The number of likely N-dealkylation sites (N-methyl/N-ethyl adjacent to an activating group) is 1. The first-order valence-corrected chi connectivity index (χ1v) is 14.5.